The van der Waals surface area contributed by atoms with Gasteiger partial charge in [0.25, 0.3) is 0 Å². The maximum Gasteiger partial charge on any atom is 0.223 e. The second kappa shape index (κ2) is 11.2. The number of fused-ring (bicyclic) bond motifs is 1. The first-order chi connectivity index (χ1) is 18.1. The molecular weight excluding hydrogens is 461 g/mol. The summed E-state index contributed by atoms with van der Waals surface area (Å²) < 4.78 is 16.4. The molecule has 0 radical (unpaired) electrons. The van der Waals surface area contributed by atoms with Crippen molar-refractivity contribution in [2.75, 3.05) is 6.54 Å². The van der Waals surface area contributed by atoms with Gasteiger partial charge in [0.2, 0.25) is 5.91 Å². The largest absolute Gasteiger partial charge is 0.338 e. The number of carbonyl (C=O) groups is 1. The summed E-state index contributed by atoms with van der Waals surface area (Å²) in [7, 11) is 0. The number of hydrogen-bond donors (Lipinski definition) is 0. The predicted octanol–water partition coefficient (Wildman–Crippen LogP) is 6.58. The minimum atomic E-state index is -0.339. The minimum Gasteiger partial charge on any atom is -0.338 e. The number of rotatable bonds is 9. The second-order valence-electron chi connectivity index (χ2n) is 9.39. The van der Waals surface area contributed by atoms with Gasteiger partial charge in [-0.05, 0) is 54.3 Å². The van der Waals surface area contributed by atoms with Crippen LogP contribution < -0.4 is 0 Å². The molecule has 4 nitrogen and oxygen atoms in total. The molecule has 1 unspecified atom stereocenters. The third kappa shape index (κ3) is 5.78. The van der Waals surface area contributed by atoms with Crippen molar-refractivity contribution in [3.05, 3.63) is 143 Å². The molecule has 0 aliphatic heterocycles. The van der Waals surface area contributed by atoms with Crippen LogP contribution in [-0.4, -0.2) is 26.7 Å². The van der Waals surface area contributed by atoms with E-state index in [1.54, 1.807) is 6.07 Å². The third-order valence-corrected chi connectivity index (χ3v) is 6.82. The Morgan fingerprint density at radius 3 is 2.32 bits per heavy atom. The summed E-state index contributed by atoms with van der Waals surface area (Å²) in [6, 6.07) is 32.7. The van der Waals surface area contributed by atoms with E-state index in [0.29, 0.717) is 13.1 Å². The first-order valence-electron chi connectivity index (χ1n) is 12.6. The highest BCUT2D eigenvalue weighted by atomic mass is 19.1. The number of carbonyl (C=O) groups excluding carboxylic acids is 1. The molecule has 0 saturated carbocycles. The number of pyridine rings is 1. The Morgan fingerprint density at radius 2 is 1.59 bits per heavy atom. The number of nitrogens with zero attached hydrogens (tertiary/aromatic N) is 3. The Morgan fingerprint density at radius 1 is 0.892 bits per heavy atom. The van der Waals surface area contributed by atoms with Crippen LogP contribution in [0.3, 0.4) is 0 Å². The molecule has 0 saturated heterocycles. The van der Waals surface area contributed by atoms with Gasteiger partial charge in [0.05, 0.1) is 5.69 Å². The summed E-state index contributed by atoms with van der Waals surface area (Å²) in [4.78, 5) is 20.5. The van der Waals surface area contributed by atoms with Gasteiger partial charge in [0.15, 0.2) is 0 Å². The zero-order valence-corrected chi connectivity index (χ0v) is 20.9. The summed E-state index contributed by atoms with van der Waals surface area (Å²) in [5.41, 5.74) is 5.75. The average molecular weight is 492 g/mol. The van der Waals surface area contributed by atoms with Crippen LogP contribution in [-0.2, 0) is 17.8 Å². The lowest BCUT2D eigenvalue weighted by Crippen LogP contribution is -2.33. The number of benzene rings is 3. The molecule has 0 aliphatic carbocycles. The fourth-order valence-electron chi connectivity index (χ4n) is 4.90. The fourth-order valence-corrected chi connectivity index (χ4v) is 4.90. The topological polar surface area (TPSA) is 37.6 Å². The summed E-state index contributed by atoms with van der Waals surface area (Å²) in [6.45, 7) is 3.14. The average Bonchev–Trinajstić information content (AvgIpc) is 3.36. The molecule has 1 atom stereocenters. The van der Waals surface area contributed by atoms with Crippen molar-refractivity contribution in [2.45, 2.75) is 32.2 Å². The van der Waals surface area contributed by atoms with Crippen LogP contribution in [0.25, 0.3) is 5.65 Å². The SMILES string of the molecule is Cc1cccc2ncc(C(CC(=O)N(CCc3ccccc3)Cc3ccccc3)c3cccc(F)c3)n12. The number of amides is 1. The lowest BCUT2D eigenvalue weighted by molar-refractivity contribution is -0.132. The van der Waals surface area contributed by atoms with E-state index in [9.17, 15) is 9.18 Å². The van der Waals surface area contributed by atoms with Gasteiger partial charge >= 0.3 is 0 Å². The summed E-state index contributed by atoms with van der Waals surface area (Å²) in [5, 5.41) is 0. The van der Waals surface area contributed by atoms with Crippen LogP contribution in [0.1, 0.15) is 40.4 Å². The van der Waals surface area contributed by atoms with Crippen molar-refractivity contribution in [1.29, 1.82) is 0 Å². The molecule has 37 heavy (non-hydrogen) atoms. The van der Waals surface area contributed by atoms with Gasteiger partial charge in [-0.1, -0.05) is 78.9 Å². The molecular formula is C32H30FN3O. The third-order valence-electron chi connectivity index (χ3n) is 6.82. The second-order valence-corrected chi connectivity index (χ2v) is 9.39. The Kier molecular flexibility index (Phi) is 7.41. The van der Waals surface area contributed by atoms with Crippen LogP contribution in [0.2, 0.25) is 0 Å². The highest BCUT2D eigenvalue weighted by Crippen LogP contribution is 2.31. The Bertz CT molecular complexity index is 1480. The molecule has 1 amide bonds. The van der Waals surface area contributed by atoms with Gasteiger partial charge in [-0.3, -0.25) is 4.79 Å². The summed E-state index contributed by atoms with van der Waals surface area (Å²) >= 11 is 0. The molecule has 0 bridgehead atoms. The molecule has 3 aromatic carbocycles. The number of aryl methyl sites for hydroxylation is 1. The molecule has 5 aromatic rings. The van der Waals surface area contributed by atoms with Gasteiger partial charge in [-0.15, -0.1) is 0 Å². The lowest BCUT2D eigenvalue weighted by atomic mass is 9.91. The minimum absolute atomic E-state index is 0.0255. The quantitative estimate of drug-likeness (QED) is 0.234. The number of aromatic nitrogens is 2. The number of imidazole rings is 1. The molecule has 0 spiro atoms. The number of hydrogen-bond acceptors (Lipinski definition) is 2. The molecule has 0 fully saturated rings. The highest BCUT2D eigenvalue weighted by Gasteiger charge is 2.26. The van der Waals surface area contributed by atoms with E-state index < -0.39 is 0 Å². The van der Waals surface area contributed by atoms with Gasteiger partial charge in [0.1, 0.15) is 11.5 Å². The van der Waals surface area contributed by atoms with Crippen molar-refractivity contribution >= 4 is 11.6 Å². The van der Waals surface area contributed by atoms with Crippen molar-refractivity contribution in [3.8, 4) is 0 Å². The maximum atomic E-state index is 14.3. The van der Waals surface area contributed by atoms with E-state index in [2.05, 4.69) is 21.5 Å². The molecule has 0 N–H and O–H groups in total. The molecule has 2 heterocycles. The Balaban J connectivity index is 1.48. The van der Waals surface area contributed by atoms with Crippen molar-refractivity contribution < 1.29 is 9.18 Å². The summed E-state index contributed by atoms with van der Waals surface area (Å²) in [5.74, 6) is -0.627. The first-order valence-corrected chi connectivity index (χ1v) is 12.6. The van der Waals surface area contributed by atoms with Crippen LogP contribution in [0.15, 0.2) is 109 Å². The Labute approximate surface area is 217 Å². The Hall–Kier alpha value is -4.25. The highest BCUT2D eigenvalue weighted by molar-refractivity contribution is 5.78. The van der Waals surface area contributed by atoms with E-state index in [1.165, 1.54) is 17.7 Å². The zero-order chi connectivity index (χ0) is 25.6. The standard InChI is InChI=1S/C32H30FN3O/c1-24-10-8-17-31-34-22-30(36(24)31)29(27-15-9-16-28(33)20-27)21-32(37)35(23-26-13-6-3-7-14-26)19-18-25-11-4-2-5-12-25/h2-17,20,22,29H,18-19,21,23H2,1H3. The van der Waals surface area contributed by atoms with E-state index in [1.807, 2.05) is 90.8 Å². The van der Waals surface area contributed by atoms with Gasteiger partial charge in [-0.25, -0.2) is 9.37 Å². The molecule has 5 rings (SSSR count). The first kappa shape index (κ1) is 24.4. The van der Waals surface area contributed by atoms with Crippen molar-refractivity contribution in [2.24, 2.45) is 0 Å². The zero-order valence-electron chi connectivity index (χ0n) is 20.9. The molecule has 2 aromatic heterocycles. The molecule has 0 aliphatic rings. The van der Waals surface area contributed by atoms with Gasteiger partial charge in [0, 0.05) is 37.3 Å². The lowest BCUT2D eigenvalue weighted by Gasteiger charge is -2.26. The van der Waals surface area contributed by atoms with Crippen LogP contribution in [0.5, 0.6) is 0 Å². The fraction of sp³-hybridized carbons (Fsp3) is 0.188. The molecule has 186 valence electrons. The van der Waals surface area contributed by atoms with Crippen LogP contribution >= 0.6 is 0 Å². The predicted molar refractivity (Wildman–Crippen MR) is 145 cm³/mol. The summed E-state index contributed by atoms with van der Waals surface area (Å²) in [6.07, 6.45) is 2.79. The number of halogens is 1. The van der Waals surface area contributed by atoms with Gasteiger partial charge < -0.3 is 9.30 Å². The van der Waals surface area contributed by atoms with Crippen LogP contribution in [0.4, 0.5) is 4.39 Å². The van der Waals surface area contributed by atoms with E-state index >= 15 is 0 Å². The molecule has 5 heteroatoms. The van der Waals surface area contributed by atoms with Crippen molar-refractivity contribution in [3.63, 3.8) is 0 Å². The maximum absolute atomic E-state index is 14.3. The van der Waals surface area contributed by atoms with Crippen molar-refractivity contribution in [1.82, 2.24) is 14.3 Å². The van der Waals surface area contributed by atoms with E-state index in [0.717, 1.165) is 34.6 Å². The van der Waals surface area contributed by atoms with E-state index in [4.69, 9.17) is 0 Å². The van der Waals surface area contributed by atoms with E-state index in [-0.39, 0.29) is 24.1 Å². The van der Waals surface area contributed by atoms with Gasteiger partial charge in [-0.2, -0.15) is 0 Å². The smallest absolute Gasteiger partial charge is 0.223 e. The normalized spacial score (nSPS) is 11.9. The monoisotopic (exact) mass is 491 g/mol. The van der Waals surface area contributed by atoms with Crippen LogP contribution in [0, 0.1) is 12.7 Å².